The number of nitrogens with one attached hydrogen (secondary N) is 2. The van der Waals surface area contributed by atoms with E-state index < -0.39 is 0 Å². The Morgan fingerprint density at radius 3 is 2.81 bits per heavy atom. The number of benzene rings is 1. The lowest BCUT2D eigenvalue weighted by molar-refractivity contribution is -0.928. The molecular weight excluding hydrogens is 267 g/mol. The highest BCUT2D eigenvalue weighted by Crippen LogP contribution is 2.28. The van der Waals surface area contributed by atoms with Crippen LogP contribution in [0.25, 0.3) is 0 Å². The molecule has 0 radical (unpaired) electrons. The number of likely N-dealkylation sites (tertiary alicyclic amines) is 1. The van der Waals surface area contributed by atoms with Crippen LogP contribution in [0.4, 0.5) is 10.1 Å². The number of carbonyl (C=O) groups excluding carboxylic acids is 1. The van der Waals surface area contributed by atoms with E-state index in [2.05, 4.69) is 5.32 Å². The first-order valence-electron chi connectivity index (χ1n) is 8.13. The monoisotopic (exact) mass is 291 g/mol. The Morgan fingerprint density at radius 1 is 1.19 bits per heavy atom. The van der Waals surface area contributed by atoms with E-state index >= 15 is 0 Å². The number of amides is 1. The molecular formula is C17H24FN2O+. The number of fused-ring (bicyclic) bond motifs is 1. The molecule has 1 heterocycles. The van der Waals surface area contributed by atoms with Gasteiger partial charge in [-0.15, -0.1) is 0 Å². The summed E-state index contributed by atoms with van der Waals surface area (Å²) in [6, 6.07) is 7.00. The van der Waals surface area contributed by atoms with Gasteiger partial charge in [0.15, 0.2) is 6.54 Å². The fourth-order valence-corrected chi connectivity index (χ4v) is 4.05. The molecule has 1 aromatic rings. The highest BCUT2D eigenvalue weighted by molar-refractivity contribution is 5.91. The van der Waals surface area contributed by atoms with Gasteiger partial charge in [0.1, 0.15) is 5.82 Å². The molecule has 2 fully saturated rings. The van der Waals surface area contributed by atoms with Crippen molar-refractivity contribution in [2.24, 2.45) is 5.92 Å². The van der Waals surface area contributed by atoms with E-state index in [4.69, 9.17) is 0 Å². The average molecular weight is 291 g/mol. The molecule has 1 aromatic carbocycles. The molecule has 0 bridgehead atoms. The van der Waals surface area contributed by atoms with Crippen LogP contribution < -0.4 is 10.2 Å². The minimum atomic E-state index is -0.366. The zero-order chi connectivity index (χ0) is 14.7. The largest absolute Gasteiger partial charge is 0.324 e. The first kappa shape index (κ1) is 14.5. The van der Waals surface area contributed by atoms with Crippen molar-refractivity contribution >= 4 is 11.6 Å². The first-order valence-corrected chi connectivity index (χ1v) is 8.13. The molecule has 2 aliphatic rings. The summed E-state index contributed by atoms with van der Waals surface area (Å²) in [6.45, 7) is 1.54. The molecule has 0 aromatic heterocycles. The summed E-state index contributed by atoms with van der Waals surface area (Å²) in [4.78, 5) is 13.6. The fraction of sp³-hybridized carbons (Fsp3) is 0.588. The summed E-state index contributed by atoms with van der Waals surface area (Å²) < 4.78 is 13.6. The summed E-state index contributed by atoms with van der Waals surface area (Å²) in [6.07, 6.45) is 7.73. The second-order valence-electron chi connectivity index (χ2n) is 6.41. The van der Waals surface area contributed by atoms with Crippen LogP contribution in [0, 0.1) is 11.7 Å². The van der Waals surface area contributed by atoms with Gasteiger partial charge in [0, 0.05) is 5.92 Å². The molecule has 3 rings (SSSR count). The first-order chi connectivity index (χ1) is 10.2. The van der Waals surface area contributed by atoms with Gasteiger partial charge in [-0.2, -0.15) is 0 Å². The van der Waals surface area contributed by atoms with Gasteiger partial charge in [-0.3, -0.25) is 4.79 Å². The van der Waals surface area contributed by atoms with Crippen molar-refractivity contribution in [3.63, 3.8) is 0 Å². The number of hydrogen-bond donors (Lipinski definition) is 2. The molecule has 4 heteroatoms. The van der Waals surface area contributed by atoms with Gasteiger partial charge < -0.3 is 10.2 Å². The highest BCUT2D eigenvalue weighted by atomic mass is 19.1. The predicted octanol–water partition coefficient (Wildman–Crippen LogP) is 2.00. The third-order valence-corrected chi connectivity index (χ3v) is 5.04. The topological polar surface area (TPSA) is 33.5 Å². The molecule has 1 aliphatic carbocycles. The molecule has 1 unspecified atom stereocenters. The quantitative estimate of drug-likeness (QED) is 0.877. The zero-order valence-electron chi connectivity index (χ0n) is 12.4. The van der Waals surface area contributed by atoms with Gasteiger partial charge in [0.05, 0.1) is 18.3 Å². The average Bonchev–Trinajstić information content (AvgIpc) is 2.50. The highest BCUT2D eigenvalue weighted by Gasteiger charge is 2.37. The van der Waals surface area contributed by atoms with Crippen LogP contribution in [0.3, 0.4) is 0 Å². The Labute approximate surface area is 125 Å². The minimum absolute atomic E-state index is 0.0682. The van der Waals surface area contributed by atoms with E-state index in [9.17, 15) is 9.18 Å². The minimum Gasteiger partial charge on any atom is -0.324 e. The number of quaternary nitrogens is 1. The number of piperidine rings is 1. The summed E-state index contributed by atoms with van der Waals surface area (Å²) in [5.41, 5.74) is 0.291. The van der Waals surface area contributed by atoms with Gasteiger partial charge in [0.2, 0.25) is 0 Å². The predicted molar refractivity (Wildman–Crippen MR) is 80.7 cm³/mol. The molecule has 1 aliphatic heterocycles. The lowest BCUT2D eigenvalue weighted by Crippen LogP contribution is -3.18. The zero-order valence-corrected chi connectivity index (χ0v) is 12.4. The van der Waals surface area contributed by atoms with Crippen molar-refractivity contribution in [1.82, 2.24) is 0 Å². The van der Waals surface area contributed by atoms with Crippen molar-refractivity contribution in [2.45, 2.75) is 44.6 Å². The Kier molecular flexibility index (Phi) is 4.54. The maximum absolute atomic E-state index is 13.6. The van der Waals surface area contributed by atoms with Gasteiger partial charge >= 0.3 is 0 Å². The van der Waals surface area contributed by atoms with Crippen LogP contribution in [0.2, 0.25) is 0 Å². The maximum atomic E-state index is 13.6. The SMILES string of the molecule is O=C(C[NH+]1CCC[C@H]2CCCC[C@@H]21)Nc1ccccc1F. The number of para-hydroxylation sites is 1. The number of halogens is 1. The van der Waals surface area contributed by atoms with E-state index in [1.807, 2.05) is 0 Å². The summed E-state index contributed by atoms with van der Waals surface area (Å²) >= 11 is 0. The third-order valence-electron chi connectivity index (χ3n) is 5.04. The van der Waals surface area contributed by atoms with Crippen molar-refractivity contribution in [3.05, 3.63) is 30.1 Å². The molecule has 3 atom stereocenters. The number of rotatable bonds is 3. The molecule has 1 saturated heterocycles. The van der Waals surface area contributed by atoms with Crippen LogP contribution in [-0.4, -0.2) is 25.0 Å². The van der Waals surface area contributed by atoms with Gasteiger partial charge in [-0.1, -0.05) is 18.6 Å². The Balaban J connectivity index is 1.60. The van der Waals surface area contributed by atoms with E-state index in [0.29, 0.717) is 18.3 Å². The standard InChI is InChI=1S/C17H23FN2O/c18-14-8-2-3-9-15(14)19-17(21)12-20-11-5-7-13-6-1-4-10-16(13)20/h2-3,8-9,13,16H,1,4-7,10-12H2,(H,19,21)/p+1/t13-,16+/m1/s1. The molecule has 1 saturated carbocycles. The lowest BCUT2D eigenvalue weighted by atomic mass is 9.78. The lowest BCUT2D eigenvalue weighted by Gasteiger charge is -2.40. The molecule has 0 spiro atoms. The van der Waals surface area contributed by atoms with Gasteiger partial charge in [-0.25, -0.2) is 4.39 Å². The second kappa shape index (κ2) is 6.56. The van der Waals surface area contributed by atoms with E-state index in [1.54, 1.807) is 18.2 Å². The Bertz CT molecular complexity index is 503. The molecule has 2 N–H and O–H groups in total. The van der Waals surface area contributed by atoms with Crippen LogP contribution in [0.15, 0.2) is 24.3 Å². The van der Waals surface area contributed by atoms with Crippen LogP contribution in [0.1, 0.15) is 38.5 Å². The van der Waals surface area contributed by atoms with Crippen molar-refractivity contribution in [3.8, 4) is 0 Å². The van der Waals surface area contributed by atoms with E-state index in [0.717, 1.165) is 12.5 Å². The smallest absolute Gasteiger partial charge is 0.279 e. The number of anilines is 1. The Morgan fingerprint density at radius 2 is 1.95 bits per heavy atom. The molecule has 114 valence electrons. The van der Waals surface area contributed by atoms with E-state index in [-0.39, 0.29) is 11.7 Å². The van der Waals surface area contributed by atoms with Crippen LogP contribution >= 0.6 is 0 Å². The van der Waals surface area contributed by atoms with Crippen molar-refractivity contribution in [2.75, 3.05) is 18.4 Å². The molecule has 1 amide bonds. The maximum Gasteiger partial charge on any atom is 0.279 e. The third kappa shape index (κ3) is 3.43. The van der Waals surface area contributed by atoms with Crippen molar-refractivity contribution in [1.29, 1.82) is 0 Å². The summed E-state index contributed by atoms with van der Waals surface area (Å²) in [7, 11) is 0. The fourth-order valence-electron chi connectivity index (χ4n) is 4.05. The van der Waals surface area contributed by atoms with Crippen LogP contribution in [0.5, 0.6) is 0 Å². The summed E-state index contributed by atoms with van der Waals surface area (Å²) in [5, 5.41) is 2.72. The normalized spacial score (nSPS) is 28.7. The van der Waals surface area contributed by atoms with Gasteiger partial charge in [0.25, 0.3) is 5.91 Å². The van der Waals surface area contributed by atoms with Crippen molar-refractivity contribution < 1.29 is 14.1 Å². The number of hydrogen-bond acceptors (Lipinski definition) is 1. The molecule has 3 nitrogen and oxygen atoms in total. The Hall–Kier alpha value is -1.42. The summed E-state index contributed by atoms with van der Waals surface area (Å²) in [5.74, 6) is 0.361. The number of carbonyl (C=O) groups is 1. The van der Waals surface area contributed by atoms with Gasteiger partial charge in [-0.05, 0) is 44.2 Å². The second-order valence-corrected chi connectivity index (χ2v) is 6.41. The van der Waals surface area contributed by atoms with Crippen LogP contribution in [-0.2, 0) is 4.79 Å². The molecule has 21 heavy (non-hydrogen) atoms. The van der Waals surface area contributed by atoms with E-state index in [1.165, 1.54) is 49.5 Å².